The first kappa shape index (κ1) is 12.1. The van der Waals surface area contributed by atoms with Gasteiger partial charge in [0.15, 0.2) is 11.5 Å². The first-order valence-electron chi connectivity index (χ1n) is 4.12. The average molecular weight is 240 g/mol. The van der Waals surface area contributed by atoms with Crippen LogP contribution in [0.15, 0.2) is 17.1 Å². The molecule has 0 fully saturated rings. The third-order valence-electron chi connectivity index (χ3n) is 1.84. The van der Waals surface area contributed by atoms with E-state index in [0.29, 0.717) is 5.69 Å². The van der Waals surface area contributed by atoms with Crippen LogP contribution in [0.1, 0.15) is 0 Å². The van der Waals surface area contributed by atoms with Crippen molar-refractivity contribution in [3.8, 4) is 11.5 Å². The number of nitro groups is 1. The summed E-state index contributed by atoms with van der Waals surface area (Å²) in [6.07, 6.45) is 0. The Hall–Kier alpha value is -1.98. The molecule has 84 valence electrons. The van der Waals surface area contributed by atoms with Crippen LogP contribution in [0.2, 0.25) is 0 Å². The molecule has 0 radical (unpaired) electrons. The molecule has 0 aliphatic carbocycles. The Labute approximate surface area is 96.7 Å². The summed E-state index contributed by atoms with van der Waals surface area (Å²) < 4.78 is 9.82. The highest BCUT2D eigenvalue weighted by Crippen LogP contribution is 2.38. The van der Waals surface area contributed by atoms with Crippen molar-refractivity contribution >= 4 is 28.8 Å². The minimum absolute atomic E-state index is 0.0924. The quantitative estimate of drug-likeness (QED) is 0.349. The van der Waals surface area contributed by atoms with Gasteiger partial charge in [-0.1, -0.05) is 0 Å². The summed E-state index contributed by atoms with van der Waals surface area (Å²) in [5, 5.41) is 12.9. The smallest absolute Gasteiger partial charge is 0.314 e. The van der Waals surface area contributed by atoms with Gasteiger partial charge in [-0.05, 0) is 12.2 Å². The molecule has 7 heteroatoms. The molecule has 0 aromatic heterocycles. The predicted octanol–water partition coefficient (Wildman–Crippen LogP) is 2.35. The summed E-state index contributed by atoms with van der Waals surface area (Å²) in [7, 11) is 2.72. The molecule has 0 atom stereocenters. The van der Waals surface area contributed by atoms with Gasteiger partial charge in [0.2, 0.25) is 0 Å². The average Bonchev–Trinajstić information content (AvgIpc) is 2.28. The van der Waals surface area contributed by atoms with E-state index < -0.39 is 4.92 Å². The molecule has 0 heterocycles. The zero-order chi connectivity index (χ0) is 12.1. The van der Waals surface area contributed by atoms with Crippen LogP contribution in [0, 0.1) is 10.1 Å². The van der Waals surface area contributed by atoms with Gasteiger partial charge < -0.3 is 9.47 Å². The molecular weight excluding hydrogens is 232 g/mol. The highest BCUT2D eigenvalue weighted by atomic mass is 32.1. The van der Waals surface area contributed by atoms with Gasteiger partial charge in [-0.3, -0.25) is 10.1 Å². The molecule has 0 aliphatic rings. The van der Waals surface area contributed by atoms with Gasteiger partial charge in [0.25, 0.3) is 0 Å². The molecule has 1 aromatic carbocycles. The van der Waals surface area contributed by atoms with Gasteiger partial charge in [-0.25, -0.2) is 0 Å². The van der Waals surface area contributed by atoms with Gasteiger partial charge in [-0.2, -0.15) is 4.99 Å². The van der Waals surface area contributed by atoms with E-state index in [2.05, 4.69) is 22.4 Å². The Bertz CT molecular complexity index is 439. The fourth-order valence-electron chi connectivity index (χ4n) is 1.14. The predicted molar refractivity (Wildman–Crippen MR) is 60.9 cm³/mol. The standard InChI is InChI=1S/C9H8N2O4S/c1-14-8-4-7(11(12)13)9(15-2)3-6(8)10-5-16/h3-4H,1-2H3. The molecule has 0 bridgehead atoms. The lowest BCUT2D eigenvalue weighted by molar-refractivity contribution is -0.385. The van der Waals surface area contributed by atoms with E-state index in [1.165, 1.54) is 26.4 Å². The Kier molecular flexibility index (Phi) is 3.93. The molecule has 0 saturated heterocycles. The van der Waals surface area contributed by atoms with Crippen molar-refractivity contribution in [2.75, 3.05) is 14.2 Å². The third kappa shape index (κ3) is 2.33. The molecule has 0 aliphatic heterocycles. The van der Waals surface area contributed by atoms with Gasteiger partial charge in [0.05, 0.1) is 30.4 Å². The molecule has 1 rings (SSSR count). The second-order valence-electron chi connectivity index (χ2n) is 2.66. The van der Waals surface area contributed by atoms with Crippen LogP contribution in [0.5, 0.6) is 11.5 Å². The number of nitrogens with zero attached hydrogens (tertiary/aromatic N) is 2. The number of ether oxygens (including phenoxy) is 2. The Morgan fingerprint density at radius 3 is 2.44 bits per heavy atom. The maximum Gasteiger partial charge on any atom is 0.314 e. The number of hydrogen-bond acceptors (Lipinski definition) is 6. The van der Waals surface area contributed by atoms with E-state index in [4.69, 9.17) is 9.47 Å². The topological polar surface area (TPSA) is 74.0 Å². The molecule has 0 unspecified atom stereocenters. The van der Waals surface area contributed by atoms with Crippen molar-refractivity contribution in [3.05, 3.63) is 22.2 Å². The number of methoxy groups -OCH3 is 2. The zero-order valence-electron chi connectivity index (χ0n) is 8.59. The highest BCUT2D eigenvalue weighted by molar-refractivity contribution is 7.78. The van der Waals surface area contributed by atoms with E-state index >= 15 is 0 Å². The van der Waals surface area contributed by atoms with Gasteiger partial charge in [0.1, 0.15) is 5.69 Å². The number of aliphatic imine (C=N–C) groups is 1. The van der Waals surface area contributed by atoms with E-state index in [-0.39, 0.29) is 17.2 Å². The van der Waals surface area contributed by atoms with Crippen LogP contribution < -0.4 is 9.47 Å². The van der Waals surface area contributed by atoms with E-state index in [9.17, 15) is 10.1 Å². The monoisotopic (exact) mass is 240 g/mol. The second-order valence-corrected chi connectivity index (χ2v) is 2.84. The largest absolute Gasteiger partial charge is 0.494 e. The number of isothiocyanates is 1. The van der Waals surface area contributed by atoms with E-state index in [0.717, 1.165) is 0 Å². The lowest BCUT2D eigenvalue weighted by atomic mass is 10.2. The number of thiocarbonyl (C=S) groups is 1. The fraction of sp³-hybridized carbons (Fsp3) is 0.222. The van der Waals surface area contributed by atoms with Crippen LogP contribution in [0.25, 0.3) is 0 Å². The zero-order valence-corrected chi connectivity index (χ0v) is 9.41. The van der Waals surface area contributed by atoms with Crippen LogP contribution in [-0.2, 0) is 0 Å². The Balaban J connectivity index is 3.45. The van der Waals surface area contributed by atoms with Gasteiger partial charge >= 0.3 is 5.69 Å². The summed E-state index contributed by atoms with van der Waals surface area (Å²) in [6.45, 7) is 0. The van der Waals surface area contributed by atoms with E-state index in [1.54, 1.807) is 0 Å². The van der Waals surface area contributed by atoms with Crippen LogP contribution in [-0.4, -0.2) is 24.3 Å². The first-order valence-corrected chi connectivity index (χ1v) is 4.53. The highest BCUT2D eigenvalue weighted by Gasteiger charge is 2.19. The number of rotatable bonds is 4. The normalized spacial score (nSPS) is 9.12. The van der Waals surface area contributed by atoms with Crippen LogP contribution in [0.4, 0.5) is 11.4 Å². The van der Waals surface area contributed by atoms with Crippen LogP contribution >= 0.6 is 12.2 Å². The summed E-state index contributed by atoms with van der Waals surface area (Å²) in [5.74, 6) is 0.333. The lowest BCUT2D eigenvalue weighted by Crippen LogP contribution is -1.95. The molecule has 0 amide bonds. The minimum Gasteiger partial charge on any atom is -0.494 e. The van der Waals surface area contributed by atoms with Crippen molar-refractivity contribution < 1.29 is 14.4 Å². The van der Waals surface area contributed by atoms with Crippen molar-refractivity contribution in [1.29, 1.82) is 0 Å². The first-order chi connectivity index (χ1) is 7.63. The van der Waals surface area contributed by atoms with Crippen molar-refractivity contribution in [2.45, 2.75) is 0 Å². The summed E-state index contributed by atoms with van der Waals surface area (Å²) in [4.78, 5) is 13.9. The lowest BCUT2D eigenvalue weighted by Gasteiger charge is -2.06. The maximum absolute atomic E-state index is 10.7. The maximum atomic E-state index is 10.7. The summed E-state index contributed by atoms with van der Waals surface area (Å²) in [6, 6.07) is 2.60. The Morgan fingerprint density at radius 1 is 1.38 bits per heavy atom. The molecular formula is C9H8N2O4S. The summed E-state index contributed by atoms with van der Waals surface area (Å²) >= 11 is 4.46. The van der Waals surface area contributed by atoms with Crippen molar-refractivity contribution in [1.82, 2.24) is 0 Å². The molecule has 1 aromatic rings. The number of benzene rings is 1. The van der Waals surface area contributed by atoms with E-state index in [1.807, 2.05) is 0 Å². The molecule has 0 N–H and O–H groups in total. The van der Waals surface area contributed by atoms with Gasteiger partial charge in [0, 0.05) is 6.07 Å². The molecule has 16 heavy (non-hydrogen) atoms. The Morgan fingerprint density at radius 2 is 2.00 bits per heavy atom. The van der Waals surface area contributed by atoms with Gasteiger partial charge in [-0.15, -0.1) is 0 Å². The fourth-order valence-corrected chi connectivity index (χ4v) is 1.24. The third-order valence-corrected chi connectivity index (χ3v) is 1.93. The SMILES string of the molecule is COc1cc([N+](=O)[O-])c(OC)cc1N=C=S. The number of hydrogen-bond donors (Lipinski definition) is 0. The summed E-state index contributed by atoms with van der Waals surface area (Å²) in [5.41, 5.74) is 0.141. The minimum atomic E-state index is -0.563. The number of nitro benzene ring substituents is 1. The van der Waals surface area contributed by atoms with Crippen molar-refractivity contribution in [3.63, 3.8) is 0 Å². The molecule has 0 spiro atoms. The van der Waals surface area contributed by atoms with Crippen LogP contribution in [0.3, 0.4) is 0 Å². The molecule has 6 nitrogen and oxygen atoms in total. The van der Waals surface area contributed by atoms with Crippen molar-refractivity contribution in [2.24, 2.45) is 4.99 Å². The molecule has 0 saturated carbocycles. The second kappa shape index (κ2) is 5.20.